The number of benzene rings is 1. The maximum absolute atomic E-state index is 10.7. The van der Waals surface area contributed by atoms with Crippen LogP contribution in [0.1, 0.15) is 25.0 Å². The van der Waals surface area contributed by atoms with Gasteiger partial charge in [0.05, 0.1) is 12.1 Å². The van der Waals surface area contributed by atoms with Crippen molar-refractivity contribution in [2.75, 3.05) is 6.54 Å². The average molecular weight is 286 g/mol. The summed E-state index contributed by atoms with van der Waals surface area (Å²) in [5.74, 6) is -0.00893. The lowest BCUT2D eigenvalue weighted by atomic mass is 10.1. The zero-order chi connectivity index (χ0) is 14.7. The summed E-state index contributed by atoms with van der Waals surface area (Å²) in [6.45, 7) is 1.21. The number of carboxylic acids is 1. The summed E-state index contributed by atoms with van der Waals surface area (Å²) in [6, 6.07) is 12.3. The van der Waals surface area contributed by atoms with Gasteiger partial charge in [-0.05, 0) is 12.8 Å². The second-order valence-corrected chi connectivity index (χ2v) is 5.39. The number of nitrogens with zero attached hydrogens (tertiary/aromatic N) is 2. The summed E-state index contributed by atoms with van der Waals surface area (Å²) in [5.41, 5.74) is 1.85. The monoisotopic (exact) mass is 286 g/mol. The molecular weight excluding hydrogens is 268 g/mol. The van der Waals surface area contributed by atoms with Crippen molar-refractivity contribution in [2.45, 2.75) is 31.8 Å². The van der Waals surface area contributed by atoms with E-state index in [4.69, 9.17) is 9.63 Å². The lowest BCUT2D eigenvalue weighted by Gasteiger charge is -2.19. The van der Waals surface area contributed by atoms with Gasteiger partial charge in [0.15, 0.2) is 5.76 Å². The minimum Gasteiger partial charge on any atom is -0.481 e. The van der Waals surface area contributed by atoms with Gasteiger partial charge in [-0.1, -0.05) is 35.5 Å². The van der Waals surface area contributed by atoms with E-state index in [-0.39, 0.29) is 6.42 Å². The quantitative estimate of drug-likeness (QED) is 0.847. The van der Waals surface area contributed by atoms with Crippen molar-refractivity contribution in [1.29, 1.82) is 0 Å². The maximum atomic E-state index is 10.7. The van der Waals surface area contributed by atoms with E-state index in [2.05, 4.69) is 10.1 Å². The first-order valence-electron chi connectivity index (χ1n) is 7.19. The van der Waals surface area contributed by atoms with Crippen LogP contribution in [0.15, 0.2) is 40.9 Å². The Labute approximate surface area is 123 Å². The fraction of sp³-hybridized carbons (Fsp3) is 0.375. The third-order valence-corrected chi connectivity index (χ3v) is 3.66. The Morgan fingerprint density at radius 3 is 2.76 bits per heavy atom. The van der Waals surface area contributed by atoms with Gasteiger partial charge in [-0.15, -0.1) is 0 Å². The zero-order valence-electron chi connectivity index (χ0n) is 11.7. The highest BCUT2D eigenvalue weighted by Crippen LogP contribution is 2.29. The molecule has 1 heterocycles. The zero-order valence-corrected chi connectivity index (χ0v) is 11.7. The van der Waals surface area contributed by atoms with Crippen molar-refractivity contribution in [2.24, 2.45) is 0 Å². The minimum atomic E-state index is -0.759. The van der Waals surface area contributed by atoms with E-state index in [1.807, 2.05) is 36.4 Å². The SMILES string of the molecule is O=C(O)CCN(Cc1cc(-c2ccccc2)on1)C1CC1. The lowest BCUT2D eigenvalue weighted by molar-refractivity contribution is -0.137. The number of carbonyl (C=O) groups is 1. The van der Waals surface area contributed by atoms with E-state index < -0.39 is 5.97 Å². The molecule has 1 saturated carbocycles. The standard InChI is InChI=1S/C16H18N2O3/c19-16(20)8-9-18(14-6-7-14)11-13-10-15(21-17-13)12-4-2-1-3-5-12/h1-5,10,14H,6-9,11H2,(H,19,20). The minimum absolute atomic E-state index is 0.167. The highest BCUT2D eigenvalue weighted by molar-refractivity contribution is 5.66. The van der Waals surface area contributed by atoms with Gasteiger partial charge in [0, 0.05) is 30.8 Å². The number of aromatic nitrogens is 1. The molecule has 21 heavy (non-hydrogen) atoms. The van der Waals surface area contributed by atoms with Gasteiger partial charge >= 0.3 is 5.97 Å². The van der Waals surface area contributed by atoms with Crippen molar-refractivity contribution in [3.63, 3.8) is 0 Å². The number of hydrogen-bond donors (Lipinski definition) is 1. The molecule has 2 aromatic rings. The van der Waals surface area contributed by atoms with Gasteiger partial charge < -0.3 is 9.63 Å². The van der Waals surface area contributed by atoms with Crippen LogP contribution in [0.25, 0.3) is 11.3 Å². The van der Waals surface area contributed by atoms with Gasteiger partial charge in [-0.2, -0.15) is 0 Å². The van der Waals surface area contributed by atoms with E-state index in [0.29, 0.717) is 19.1 Å². The average Bonchev–Trinajstić information content (AvgIpc) is 3.23. The first-order chi connectivity index (χ1) is 10.2. The van der Waals surface area contributed by atoms with E-state index in [9.17, 15) is 4.79 Å². The van der Waals surface area contributed by atoms with Crippen molar-refractivity contribution >= 4 is 5.97 Å². The van der Waals surface area contributed by atoms with E-state index in [1.165, 1.54) is 0 Å². The molecule has 0 atom stereocenters. The van der Waals surface area contributed by atoms with Crippen LogP contribution in [-0.4, -0.2) is 33.7 Å². The Kier molecular flexibility index (Phi) is 4.01. The predicted molar refractivity (Wildman–Crippen MR) is 77.6 cm³/mol. The van der Waals surface area contributed by atoms with Crippen LogP contribution in [0.3, 0.4) is 0 Å². The van der Waals surface area contributed by atoms with Crippen LogP contribution in [-0.2, 0) is 11.3 Å². The molecule has 1 N–H and O–H groups in total. The van der Waals surface area contributed by atoms with Crippen LogP contribution in [0.5, 0.6) is 0 Å². The van der Waals surface area contributed by atoms with Crippen molar-refractivity contribution in [3.05, 3.63) is 42.1 Å². The maximum Gasteiger partial charge on any atom is 0.304 e. The van der Waals surface area contributed by atoms with E-state index >= 15 is 0 Å². The van der Waals surface area contributed by atoms with Crippen LogP contribution in [0.4, 0.5) is 0 Å². The van der Waals surface area contributed by atoms with Crippen LogP contribution >= 0.6 is 0 Å². The molecule has 0 spiro atoms. The third-order valence-electron chi connectivity index (χ3n) is 3.66. The second-order valence-electron chi connectivity index (χ2n) is 5.39. The number of hydrogen-bond acceptors (Lipinski definition) is 4. The molecule has 0 saturated heterocycles. The highest BCUT2D eigenvalue weighted by Gasteiger charge is 2.29. The van der Waals surface area contributed by atoms with Crippen LogP contribution in [0.2, 0.25) is 0 Å². The fourth-order valence-corrected chi connectivity index (χ4v) is 2.40. The molecule has 1 aromatic carbocycles. The number of rotatable bonds is 7. The summed E-state index contributed by atoms with van der Waals surface area (Å²) in [5, 5.41) is 12.9. The molecule has 1 aromatic heterocycles. The molecule has 0 bridgehead atoms. The van der Waals surface area contributed by atoms with Crippen LogP contribution < -0.4 is 0 Å². The molecule has 110 valence electrons. The number of carboxylic acid groups (broad SMARTS) is 1. The first-order valence-corrected chi connectivity index (χ1v) is 7.19. The summed E-state index contributed by atoms with van der Waals surface area (Å²) < 4.78 is 5.38. The fourth-order valence-electron chi connectivity index (χ4n) is 2.40. The first kappa shape index (κ1) is 13.8. The molecule has 5 heteroatoms. The van der Waals surface area contributed by atoms with E-state index in [1.54, 1.807) is 0 Å². The summed E-state index contributed by atoms with van der Waals surface area (Å²) in [7, 11) is 0. The largest absolute Gasteiger partial charge is 0.481 e. The normalized spacial score (nSPS) is 14.5. The van der Waals surface area contributed by atoms with Crippen molar-refractivity contribution in [1.82, 2.24) is 10.1 Å². The van der Waals surface area contributed by atoms with Gasteiger partial charge in [-0.3, -0.25) is 9.69 Å². The predicted octanol–water partition coefficient (Wildman–Crippen LogP) is 2.78. The Hall–Kier alpha value is -2.14. The summed E-state index contributed by atoms with van der Waals surface area (Å²) >= 11 is 0. The molecule has 1 aliphatic carbocycles. The Morgan fingerprint density at radius 1 is 1.33 bits per heavy atom. The third kappa shape index (κ3) is 3.70. The summed E-state index contributed by atoms with van der Waals surface area (Å²) in [4.78, 5) is 12.9. The molecule has 0 unspecified atom stereocenters. The smallest absolute Gasteiger partial charge is 0.304 e. The van der Waals surface area contributed by atoms with Gasteiger partial charge in [-0.25, -0.2) is 0 Å². The Bertz CT molecular complexity index is 605. The topological polar surface area (TPSA) is 66.6 Å². The molecule has 1 fully saturated rings. The molecule has 0 amide bonds. The van der Waals surface area contributed by atoms with Crippen molar-refractivity contribution in [3.8, 4) is 11.3 Å². The van der Waals surface area contributed by atoms with Gasteiger partial charge in [0.1, 0.15) is 0 Å². The van der Waals surface area contributed by atoms with Crippen LogP contribution in [0, 0.1) is 0 Å². The molecule has 3 rings (SSSR count). The molecular formula is C16H18N2O3. The van der Waals surface area contributed by atoms with Crippen molar-refractivity contribution < 1.29 is 14.4 Å². The second kappa shape index (κ2) is 6.10. The molecule has 0 aliphatic heterocycles. The number of aliphatic carboxylic acids is 1. The van der Waals surface area contributed by atoms with Gasteiger partial charge in [0.2, 0.25) is 0 Å². The molecule has 5 nitrogen and oxygen atoms in total. The lowest BCUT2D eigenvalue weighted by Crippen LogP contribution is -2.28. The molecule has 1 aliphatic rings. The Morgan fingerprint density at radius 2 is 2.10 bits per heavy atom. The summed E-state index contributed by atoms with van der Waals surface area (Å²) in [6.07, 6.45) is 2.45. The highest BCUT2D eigenvalue weighted by atomic mass is 16.5. The Balaban J connectivity index is 1.66. The van der Waals surface area contributed by atoms with Gasteiger partial charge in [0.25, 0.3) is 0 Å². The van der Waals surface area contributed by atoms with E-state index in [0.717, 1.165) is 29.9 Å². The molecule has 0 radical (unpaired) electrons.